The van der Waals surface area contributed by atoms with E-state index >= 15 is 0 Å². The lowest BCUT2D eigenvalue weighted by Crippen LogP contribution is -2.13. The number of hydrogen-bond acceptors (Lipinski definition) is 3. The molecule has 0 aliphatic carbocycles. The molecule has 0 heterocycles. The first kappa shape index (κ1) is 15.5. The molecule has 0 saturated heterocycles. The average molecular weight is 326 g/mol. The van der Waals surface area contributed by atoms with Crippen molar-refractivity contribution in [2.24, 2.45) is 0 Å². The van der Waals surface area contributed by atoms with E-state index in [1.165, 1.54) is 7.11 Å². The molecule has 0 aliphatic rings. The zero-order valence-corrected chi connectivity index (χ0v) is 13.0. The van der Waals surface area contributed by atoms with Gasteiger partial charge in [0.1, 0.15) is 11.5 Å². The third-order valence-corrected chi connectivity index (χ3v) is 3.21. The van der Waals surface area contributed by atoms with Crippen LogP contribution < -0.4 is 14.8 Å². The number of anilines is 1. The Labute approximate surface area is 132 Å². The van der Waals surface area contributed by atoms with Crippen molar-refractivity contribution < 1.29 is 14.3 Å². The Bertz CT molecular complexity index is 654. The first-order chi connectivity index (χ1) is 10.0. The molecule has 1 N–H and O–H groups in total. The van der Waals surface area contributed by atoms with Crippen LogP contribution in [0.3, 0.4) is 0 Å². The van der Waals surface area contributed by atoms with Crippen LogP contribution in [0.4, 0.5) is 5.69 Å². The van der Waals surface area contributed by atoms with E-state index in [0.717, 1.165) is 0 Å². The second-order valence-electron chi connectivity index (χ2n) is 4.18. The number of halogens is 2. The Morgan fingerprint density at radius 2 is 1.67 bits per heavy atom. The molecule has 6 heteroatoms. The van der Waals surface area contributed by atoms with E-state index in [9.17, 15) is 4.79 Å². The van der Waals surface area contributed by atoms with Crippen molar-refractivity contribution in [2.75, 3.05) is 19.5 Å². The van der Waals surface area contributed by atoms with Gasteiger partial charge in [0, 0.05) is 21.8 Å². The fraction of sp³-hybridized carbons (Fsp3) is 0.133. The molecular weight excluding hydrogens is 313 g/mol. The minimum Gasteiger partial charge on any atom is -0.497 e. The molecule has 2 aromatic rings. The molecule has 2 rings (SSSR count). The maximum atomic E-state index is 12.3. The van der Waals surface area contributed by atoms with Gasteiger partial charge in [-0.05, 0) is 30.3 Å². The molecule has 0 bridgehead atoms. The third kappa shape index (κ3) is 3.80. The second kappa shape index (κ2) is 6.70. The molecule has 4 nitrogen and oxygen atoms in total. The summed E-state index contributed by atoms with van der Waals surface area (Å²) in [5.41, 5.74) is 0.893. The van der Waals surface area contributed by atoms with Gasteiger partial charge in [-0.25, -0.2) is 0 Å². The van der Waals surface area contributed by atoms with Crippen LogP contribution in [0.1, 0.15) is 10.4 Å². The molecule has 0 aliphatic heterocycles. The van der Waals surface area contributed by atoms with Crippen molar-refractivity contribution in [1.82, 2.24) is 0 Å². The SMILES string of the molecule is COc1ccc(C(=O)Nc2cc(Cl)cc(Cl)c2)c(OC)c1. The van der Waals surface area contributed by atoms with Gasteiger partial charge in [0.15, 0.2) is 0 Å². The molecule has 1 amide bonds. The Balaban J connectivity index is 2.27. The van der Waals surface area contributed by atoms with Crippen molar-refractivity contribution in [3.8, 4) is 11.5 Å². The van der Waals surface area contributed by atoms with E-state index in [1.807, 2.05) is 0 Å². The number of ether oxygens (including phenoxy) is 2. The smallest absolute Gasteiger partial charge is 0.259 e. The van der Waals surface area contributed by atoms with Gasteiger partial charge >= 0.3 is 0 Å². The molecule has 0 unspecified atom stereocenters. The van der Waals surface area contributed by atoms with Gasteiger partial charge in [-0.2, -0.15) is 0 Å². The highest BCUT2D eigenvalue weighted by Gasteiger charge is 2.14. The predicted octanol–water partition coefficient (Wildman–Crippen LogP) is 4.26. The lowest BCUT2D eigenvalue weighted by molar-refractivity contribution is 0.102. The fourth-order valence-corrected chi connectivity index (χ4v) is 2.34. The second-order valence-corrected chi connectivity index (χ2v) is 5.05. The van der Waals surface area contributed by atoms with Gasteiger partial charge in [0.25, 0.3) is 5.91 Å². The maximum absolute atomic E-state index is 12.3. The van der Waals surface area contributed by atoms with Crippen LogP contribution in [-0.2, 0) is 0 Å². The third-order valence-electron chi connectivity index (χ3n) is 2.77. The summed E-state index contributed by atoms with van der Waals surface area (Å²) in [6, 6.07) is 9.76. The Hall–Kier alpha value is -1.91. The first-order valence-corrected chi connectivity index (χ1v) is 6.78. The van der Waals surface area contributed by atoms with Crippen LogP contribution in [0.2, 0.25) is 10.0 Å². The number of carbonyl (C=O) groups is 1. The molecule has 2 aromatic carbocycles. The Morgan fingerprint density at radius 3 is 2.24 bits per heavy atom. The number of rotatable bonds is 4. The van der Waals surface area contributed by atoms with Gasteiger partial charge < -0.3 is 14.8 Å². The van der Waals surface area contributed by atoms with Crippen LogP contribution in [0.15, 0.2) is 36.4 Å². The number of carbonyl (C=O) groups excluding carboxylic acids is 1. The summed E-state index contributed by atoms with van der Waals surface area (Å²) in [6.07, 6.45) is 0. The van der Waals surface area contributed by atoms with Gasteiger partial charge in [0.05, 0.1) is 19.8 Å². The van der Waals surface area contributed by atoms with E-state index < -0.39 is 0 Å². The fourth-order valence-electron chi connectivity index (χ4n) is 1.81. The Kier molecular flexibility index (Phi) is 4.94. The molecule has 0 radical (unpaired) electrons. The largest absolute Gasteiger partial charge is 0.497 e. The molecule has 0 saturated carbocycles. The van der Waals surface area contributed by atoms with Gasteiger partial charge in [-0.1, -0.05) is 23.2 Å². The lowest BCUT2D eigenvalue weighted by Gasteiger charge is -2.11. The van der Waals surface area contributed by atoms with E-state index in [0.29, 0.717) is 32.8 Å². The molecule has 0 fully saturated rings. The topological polar surface area (TPSA) is 47.6 Å². The van der Waals surface area contributed by atoms with E-state index in [-0.39, 0.29) is 5.91 Å². The van der Waals surface area contributed by atoms with Crippen molar-refractivity contribution in [3.63, 3.8) is 0 Å². The highest BCUT2D eigenvalue weighted by Crippen LogP contribution is 2.27. The van der Waals surface area contributed by atoms with Crippen LogP contribution in [-0.4, -0.2) is 20.1 Å². The molecule has 110 valence electrons. The summed E-state index contributed by atoms with van der Waals surface area (Å²) in [4.78, 5) is 12.3. The summed E-state index contributed by atoms with van der Waals surface area (Å²) >= 11 is 11.8. The van der Waals surface area contributed by atoms with Crippen molar-refractivity contribution in [2.45, 2.75) is 0 Å². The number of amides is 1. The first-order valence-electron chi connectivity index (χ1n) is 6.03. The van der Waals surface area contributed by atoms with Crippen molar-refractivity contribution in [3.05, 3.63) is 52.0 Å². The predicted molar refractivity (Wildman–Crippen MR) is 84.0 cm³/mol. The van der Waals surface area contributed by atoms with Crippen LogP contribution in [0.25, 0.3) is 0 Å². The monoisotopic (exact) mass is 325 g/mol. The number of hydrogen-bond donors (Lipinski definition) is 1. The minimum atomic E-state index is -0.326. The zero-order chi connectivity index (χ0) is 15.4. The minimum absolute atomic E-state index is 0.326. The van der Waals surface area contributed by atoms with E-state index in [4.69, 9.17) is 32.7 Å². The van der Waals surface area contributed by atoms with Crippen LogP contribution in [0.5, 0.6) is 11.5 Å². The summed E-state index contributed by atoms with van der Waals surface area (Å²) in [6.45, 7) is 0. The molecule has 21 heavy (non-hydrogen) atoms. The lowest BCUT2D eigenvalue weighted by atomic mass is 10.1. The summed E-state index contributed by atoms with van der Waals surface area (Å²) in [7, 11) is 3.03. The molecule has 0 atom stereocenters. The normalized spacial score (nSPS) is 10.1. The summed E-state index contributed by atoms with van der Waals surface area (Å²) in [5, 5.41) is 3.61. The summed E-state index contributed by atoms with van der Waals surface area (Å²) in [5.74, 6) is 0.696. The Morgan fingerprint density at radius 1 is 1.00 bits per heavy atom. The van der Waals surface area contributed by atoms with E-state index in [2.05, 4.69) is 5.32 Å². The molecular formula is C15H13Cl2NO3. The van der Waals surface area contributed by atoms with Crippen LogP contribution in [0, 0.1) is 0 Å². The molecule has 0 spiro atoms. The standard InChI is InChI=1S/C15H13Cl2NO3/c1-20-12-3-4-13(14(8-12)21-2)15(19)18-11-6-9(16)5-10(17)7-11/h3-8H,1-2H3,(H,18,19). The zero-order valence-electron chi connectivity index (χ0n) is 11.4. The van der Waals surface area contributed by atoms with Crippen molar-refractivity contribution in [1.29, 1.82) is 0 Å². The number of benzene rings is 2. The summed E-state index contributed by atoms with van der Waals surface area (Å²) < 4.78 is 10.3. The highest BCUT2D eigenvalue weighted by molar-refractivity contribution is 6.35. The molecule has 0 aromatic heterocycles. The van der Waals surface area contributed by atoms with Gasteiger partial charge in [-0.3, -0.25) is 4.79 Å². The van der Waals surface area contributed by atoms with Crippen LogP contribution >= 0.6 is 23.2 Å². The quantitative estimate of drug-likeness (QED) is 0.913. The average Bonchev–Trinajstić information content (AvgIpc) is 2.45. The maximum Gasteiger partial charge on any atom is 0.259 e. The van der Waals surface area contributed by atoms with Gasteiger partial charge in [0.2, 0.25) is 0 Å². The van der Waals surface area contributed by atoms with E-state index in [1.54, 1.807) is 43.5 Å². The highest BCUT2D eigenvalue weighted by atomic mass is 35.5. The van der Waals surface area contributed by atoms with Crippen molar-refractivity contribution >= 4 is 34.8 Å². The number of methoxy groups -OCH3 is 2. The van der Waals surface area contributed by atoms with Gasteiger partial charge in [-0.15, -0.1) is 0 Å². The number of nitrogens with one attached hydrogen (secondary N) is 1.